The first kappa shape index (κ1) is 15.2. The van der Waals surface area contributed by atoms with Crippen molar-refractivity contribution in [3.63, 3.8) is 0 Å². The Balaban J connectivity index is 1.48. The number of hydrogen-bond acceptors (Lipinski definition) is 2. The lowest BCUT2D eigenvalue weighted by Crippen LogP contribution is -2.51. The second-order valence-corrected chi connectivity index (χ2v) is 7.17. The molecule has 1 saturated carbocycles. The molecule has 0 radical (unpaired) electrons. The van der Waals surface area contributed by atoms with E-state index >= 15 is 0 Å². The third-order valence-electron chi connectivity index (χ3n) is 5.66. The molecule has 120 valence electrons. The van der Waals surface area contributed by atoms with Gasteiger partial charge in [-0.05, 0) is 45.2 Å². The van der Waals surface area contributed by atoms with Crippen LogP contribution in [0.4, 0.5) is 8.78 Å². The molecule has 3 rings (SSSR count). The molecule has 21 heavy (non-hydrogen) atoms. The lowest BCUT2D eigenvalue weighted by Gasteiger charge is -2.44. The van der Waals surface area contributed by atoms with Gasteiger partial charge in [0, 0.05) is 37.9 Å². The number of halogens is 2. The lowest BCUT2D eigenvalue weighted by molar-refractivity contribution is -0.161. The van der Waals surface area contributed by atoms with E-state index in [4.69, 9.17) is 0 Å². The Hall–Kier alpha value is -0.710. The topological polar surface area (TPSA) is 23.6 Å². The number of likely N-dealkylation sites (tertiary alicyclic amines) is 2. The molecule has 2 aliphatic heterocycles. The van der Waals surface area contributed by atoms with Crippen LogP contribution in [-0.2, 0) is 4.79 Å². The second-order valence-electron chi connectivity index (χ2n) is 7.17. The molecule has 0 N–H and O–H groups in total. The molecule has 0 spiro atoms. The average molecular weight is 300 g/mol. The second kappa shape index (κ2) is 5.82. The van der Waals surface area contributed by atoms with E-state index in [0.717, 1.165) is 25.9 Å². The zero-order valence-electron chi connectivity index (χ0n) is 12.9. The molecular formula is C16H26F2N2O. The van der Waals surface area contributed by atoms with E-state index in [1.165, 1.54) is 25.8 Å². The average Bonchev–Trinajstić information content (AvgIpc) is 2.45. The van der Waals surface area contributed by atoms with Crippen LogP contribution in [0.2, 0.25) is 0 Å². The minimum Gasteiger partial charge on any atom is -0.342 e. The van der Waals surface area contributed by atoms with E-state index < -0.39 is 11.8 Å². The van der Waals surface area contributed by atoms with Crippen molar-refractivity contribution < 1.29 is 13.6 Å². The molecule has 2 saturated heterocycles. The molecule has 1 unspecified atom stereocenters. The molecule has 0 aromatic rings. The van der Waals surface area contributed by atoms with Gasteiger partial charge in [0.05, 0.1) is 0 Å². The van der Waals surface area contributed by atoms with Gasteiger partial charge in [0.15, 0.2) is 0 Å². The monoisotopic (exact) mass is 300 g/mol. The van der Waals surface area contributed by atoms with Crippen molar-refractivity contribution in [2.24, 2.45) is 11.8 Å². The van der Waals surface area contributed by atoms with Crippen LogP contribution in [0.1, 0.15) is 44.9 Å². The van der Waals surface area contributed by atoms with Crippen LogP contribution in [-0.4, -0.2) is 54.4 Å². The number of carbonyl (C=O) groups is 1. The molecular weight excluding hydrogens is 274 g/mol. The van der Waals surface area contributed by atoms with Gasteiger partial charge in [0.2, 0.25) is 11.8 Å². The van der Waals surface area contributed by atoms with Gasteiger partial charge in [0.25, 0.3) is 0 Å². The zero-order valence-corrected chi connectivity index (χ0v) is 12.9. The molecule has 5 heteroatoms. The highest BCUT2D eigenvalue weighted by Gasteiger charge is 2.50. The molecule has 0 aromatic carbocycles. The lowest BCUT2D eigenvalue weighted by atomic mass is 9.79. The van der Waals surface area contributed by atoms with Gasteiger partial charge in [-0.15, -0.1) is 0 Å². The van der Waals surface area contributed by atoms with E-state index in [-0.39, 0.29) is 18.7 Å². The quantitative estimate of drug-likeness (QED) is 0.783. The first-order valence-electron chi connectivity index (χ1n) is 8.33. The minimum atomic E-state index is -2.59. The summed E-state index contributed by atoms with van der Waals surface area (Å²) in [6.07, 6.45) is 5.46. The van der Waals surface area contributed by atoms with Gasteiger partial charge in [-0.3, -0.25) is 4.79 Å². The Morgan fingerprint density at radius 2 is 1.71 bits per heavy atom. The fourth-order valence-corrected chi connectivity index (χ4v) is 4.30. The Morgan fingerprint density at radius 3 is 2.29 bits per heavy atom. The smallest absolute Gasteiger partial charge is 0.249 e. The maximum absolute atomic E-state index is 12.9. The van der Waals surface area contributed by atoms with Gasteiger partial charge in [-0.25, -0.2) is 8.78 Å². The van der Waals surface area contributed by atoms with Crippen molar-refractivity contribution in [3.8, 4) is 0 Å². The summed E-state index contributed by atoms with van der Waals surface area (Å²) in [7, 11) is 2.21. The highest BCUT2D eigenvalue weighted by molar-refractivity contribution is 5.80. The van der Waals surface area contributed by atoms with E-state index in [9.17, 15) is 13.6 Å². The van der Waals surface area contributed by atoms with Gasteiger partial charge in [-0.1, -0.05) is 6.42 Å². The maximum Gasteiger partial charge on any atom is 0.249 e. The minimum absolute atomic E-state index is 0.0311. The molecule has 2 heterocycles. The van der Waals surface area contributed by atoms with E-state index in [1.807, 2.05) is 4.90 Å². The summed E-state index contributed by atoms with van der Waals surface area (Å²) in [5.41, 5.74) is 0. The number of carbonyl (C=O) groups excluding carboxylic acids is 1. The molecule has 1 atom stereocenters. The summed E-state index contributed by atoms with van der Waals surface area (Å²) in [5.74, 6) is -2.38. The van der Waals surface area contributed by atoms with Crippen LogP contribution in [0.5, 0.6) is 0 Å². The van der Waals surface area contributed by atoms with Gasteiger partial charge in [0.1, 0.15) is 0 Å². The Kier molecular flexibility index (Phi) is 4.21. The number of piperidine rings is 2. The first-order valence-corrected chi connectivity index (χ1v) is 8.33. The highest BCUT2D eigenvalue weighted by atomic mass is 19.3. The molecule has 0 bridgehead atoms. The van der Waals surface area contributed by atoms with Gasteiger partial charge in [-0.2, -0.15) is 0 Å². The summed E-state index contributed by atoms with van der Waals surface area (Å²) in [4.78, 5) is 16.5. The van der Waals surface area contributed by atoms with E-state index in [0.29, 0.717) is 12.0 Å². The van der Waals surface area contributed by atoms with Crippen molar-refractivity contribution in [1.29, 1.82) is 0 Å². The van der Waals surface area contributed by atoms with Crippen LogP contribution in [0.15, 0.2) is 0 Å². The Morgan fingerprint density at radius 1 is 1.05 bits per heavy atom. The Bertz CT molecular complexity index is 386. The Labute approximate surface area is 125 Å². The highest BCUT2D eigenvalue weighted by Crippen LogP contribution is 2.43. The van der Waals surface area contributed by atoms with Crippen molar-refractivity contribution in [2.45, 2.75) is 56.9 Å². The first-order chi connectivity index (χ1) is 9.96. The molecule has 3 aliphatic rings. The van der Waals surface area contributed by atoms with Crippen molar-refractivity contribution in [1.82, 2.24) is 9.80 Å². The van der Waals surface area contributed by atoms with Crippen LogP contribution >= 0.6 is 0 Å². The number of alkyl halides is 2. The number of nitrogens with zero attached hydrogens (tertiary/aromatic N) is 2. The third-order valence-corrected chi connectivity index (χ3v) is 5.66. The predicted octanol–water partition coefficient (Wildman–Crippen LogP) is 2.75. The SMILES string of the molecule is CN1CCCCC1C1CCN(C(=O)C2CC(F)(F)C2)CC1. The largest absolute Gasteiger partial charge is 0.342 e. The summed E-state index contributed by atoms with van der Waals surface area (Å²) in [6, 6.07) is 0.657. The molecule has 1 amide bonds. The fourth-order valence-electron chi connectivity index (χ4n) is 4.30. The normalized spacial score (nSPS) is 32.0. The van der Waals surface area contributed by atoms with Crippen LogP contribution < -0.4 is 0 Å². The number of amides is 1. The van der Waals surface area contributed by atoms with E-state index in [1.54, 1.807) is 0 Å². The van der Waals surface area contributed by atoms with E-state index in [2.05, 4.69) is 11.9 Å². The van der Waals surface area contributed by atoms with Crippen molar-refractivity contribution in [2.75, 3.05) is 26.7 Å². The summed E-state index contributed by atoms with van der Waals surface area (Å²) < 4.78 is 25.8. The van der Waals surface area contributed by atoms with Crippen LogP contribution in [0.25, 0.3) is 0 Å². The van der Waals surface area contributed by atoms with Gasteiger partial charge < -0.3 is 9.80 Å². The van der Waals surface area contributed by atoms with Crippen LogP contribution in [0, 0.1) is 11.8 Å². The summed E-state index contributed by atoms with van der Waals surface area (Å²) >= 11 is 0. The molecule has 0 aromatic heterocycles. The number of rotatable bonds is 2. The van der Waals surface area contributed by atoms with Gasteiger partial charge >= 0.3 is 0 Å². The maximum atomic E-state index is 12.9. The van der Waals surface area contributed by atoms with Crippen molar-refractivity contribution in [3.05, 3.63) is 0 Å². The van der Waals surface area contributed by atoms with Crippen LogP contribution in [0.3, 0.4) is 0 Å². The molecule has 3 nitrogen and oxygen atoms in total. The zero-order chi connectivity index (χ0) is 15.0. The molecule has 3 fully saturated rings. The summed E-state index contributed by atoms with van der Waals surface area (Å²) in [6.45, 7) is 2.70. The summed E-state index contributed by atoms with van der Waals surface area (Å²) in [5, 5.41) is 0. The third kappa shape index (κ3) is 3.22. The number of hydrogen-bond donors (Lipinski definition) is 0. The van der Waals surface area contributed by atoms with Crippen molar-refractivity contribution >= 4 is 5.91 Å². The predicted molar refractivity (Wildman–Crippen MR) is 77.2 cm³/mol. The standard InChI is InChI=1S/C16H26F2N2O/c1-19-7-3-2-4-14(19)12-5-8-20(9-6-12)15(21)13-10-16(17,18)11-13/h12-14H,2-11H2,1H3. The molecule has 1 aliphatic carbocycles. The fraction of sp³-hybridized carbons (Fsp3) is 0.938.